The lowest BCUT2D eigenvalue weighted by Crippen LogP contribution is -2.19. The fourth-order valence-corrected chi connectivity index (χ4v) is 13.2. The third-order valence-electron chi connectivity index (χ3n) is 18.6. The van der Waals surface area contributed by atoms with Gasteiger partial charge in [-0.25, -0.2) is 19.9 Å². The molecule has 0 fully saturated rings. The summed E-state index contributed by atoms with van der Waals surface area (Å²) in [6.07, 6.45) is 10.9. The number of hydrogen-bond donors (Lipinski definition) is 0. The average Bonchev–Trinajstić information content (AvgIpc) is 0.700. The lowest BCUT2D eigenvalue weighted by Gasteiger charge is -2.35. The van der Waals surface area contributed by atoms with Gasteiger partial charge in [0.15, 0.2) is 0 Å². The molecule has 466 valence electrons. The van der Waals surface area contributed by atoms with Crippen molar-refractivity contribution in [2.45, 2.75) is 158 Å². The number of benzene rings is 8. The molecule has 0 aliphatic carbocycles. The summed E-state index contributed by atoms with van der Waals surface area (Å²) in [4.78, 5) is 31.3. The lowest BCUT2D eigenvalue weighted by molar-refractivity contribution is 0.590. The van der Waals surface area contributed by atoms with Crippen molar-refractivity contribution in [3.63, 3.8) is 0 Å². The highest BCUT2D eigenvalue weighted by Crippen LogP contribution is 2.56. The normalized spacial score (nSPS) is 12.3. The summed E-state index contributed by atoms with van der Waals surface area (Å²) in [5.41, 5.74) is 17.4. The molecule has 0 radical (unpaired) electrons. The molecule has 92 heavy (non-hydrogen) atoms. The van der Waals surface area contributed by atoms with Gasteiger partial charge >= 0.3 is 0 Å². The van der Waals surface area contributed by atoms with Crippen molar-refractivity contribution in [1.82, 2.24) is 19.9 Å². The van der Waals surface area contributed by atoms with Crippen LogP contribution in [0.2, 0.25) is 0 Å². The van der Waals surface area contributed by atoms with E-state index in [0.29, 0.717) is 0 Å². The van der Waals surface area contributed by atoms with Crippen LogP contribution in [0.25, 0.3) is 32.3 Å². The molecule has 0 atom stereocenters. The molecule has 0 aliphatic heterocycles. The fraction of sp³-hybridized carbons (Fsp3) is 0.286. The van der Waals surface area contributed by atoms with Gasteiger partial charge in [-0.2, -0.15) is 0 Å². The zero-order valence-electron chi connectivity index (χ0n) is 57.0. The quantitative estimate of drug-likeness (QED) is 0.0887. The second-order valence-corrected chi connectivity index (χ2v) is 28.8. The van der Waals surface area contributed by atoms with Crippen molar-refractivity contribution in [2.24, 2.45) is 0 Å². The van der Waals surface area contributed by atoms with E-state index in [9.17, 15) is 0 Å². The minimum atomic E-state index is -0.0629. The zero-order chi connectivity index (χ0) is 65.0. The topological polar surface area (TPSA) is 64.5 Å². The molecule has 8 aromatic carbocycles. The van der Waals surface area contributed by atoms with Crippen LogP contribution in [0.1, 0.15) is 155 Å². The van der Waals surface area contributed by atoms with Gasteiger partial charge in [0.25, 0.3) is 0 Å². The molecule has 4 heterocycles. The number of nitrogens with zero attached hydrogens (tertiary/aromatic N) is 8. The SMILES string of the molecule is CCc1cccnc1N(c1ccc(C(C)(C)C)cc1)c1cc(N(c2ccc(C(C)(C)C)cc2)c2ncccc2CC)c2ccc3c(N(c4ccc(C(C)(C)C)cc4)c4ncccc4CC)cc(N(c4ccc(C(C)(C)C)cc4)c4ncccc4CC)c4ccc1c2c43. The van der Waals surface area contributed by atoms with Gasteiger partial charge in [-0.05, 0) is 177 Å². The lowest BCUT2D eigenvalue weighted by atomic mass is 9.86. The molecule has 0 bridgehead atoms. The summed E-state index contributed by atoms with van der Waals surface area (Å²) < 4.78 is 0. The summed E-state index contributed by atoms with van der Waals surface area (Å²) in [5.74, 6) is 3.53. The fourth-order valence-electron chi connectivity index (χ4n) is 13.2. The Bertz CT molecular complexity index is 4010. The first-order valence-corrected chi connectivity index (χ1v) is 33.2. The van der Waals surface area contributed by atoms with E-state index in [1.807, 2.05) is 24.8 Å². The standard InChI is InChI=1S/C84H90N8/c1-17-55-25-21-49-85-77(55)89(63-37-29-59(30-38-63)81(5,6)7)71-53-72(90(78-56(18-2)26-22-50-86-78)64-39-31-60(32-40-64)82(8,9)10)68-47-48-70-74(92(80-58(20-4)28-24-52-88-80)66-43-35-62(36-44-66)84(14,15)16)54-73(69-46-45-67(71)75(68)76(69)70)91(79-57(19-3)27-23-51-87-79)65-41-33-61(34-42-65)83(11,12)13/h21-54H,17-20H2,1-16H3. The molecule has 8 nitrogen and oxygen atoms in total. The van der Waals surface area contributed by atoms with Crippen LogP contribution in [-0.2, 0) is 47.3 Å². The van der Waals surface area contributed by atoms with Gasteiger partial charge in [0, 0.05) is 79.9 Å². The monoisotopic (exact) mass is 1210 g/mol. The van der Waals surface area contributed by atoms with Crippen LogP contribution in [0.5, 0.6) is 0 Å². The van der Waals surface area contributed by atoms with Gasteiger partial charge in [-0.3, -0.25) is 19.6 Å². The Morgan fingerprint density at radius 2 is 0.457 bits per heavy atom. The third kappa shape index (κ3) is 11.7. The highest BCUT2D eigenvalue weighted by molar-refractivity contribution is 6.33. The maximum absolute atomic E-state index is 5.39. The van der Waals surface area contributed by atoms with Crippen LogP contribution in [0.3, 0.4) is 0 Å². The van der Waals surface area contributed by atoms with E-state index >= 15 is 0 Å². The maximum atomic E-state index is 5.39. The first kappa shape index (κ1) is 62.8. The van der Waals surface area contributed by atoms with E-state index in [4.69, 9.17) is 19.9 Å². The first-order valence-electron chi connectivity index (χ1n) is 33.2. The minimum absolute atomic E-state index is 0.0629. The molecule has 8 heteroatoms. The van der Waals surface area contributed by atoms with E-state index in [0.717, 1.165) is 149 Å². The Hall–Kier alpha value is -9.40. The second kappa shape index (κ2) is 24.7. The first-order chi connectivity index (χ1) is 44.0. The van der Waals surface area contributed by atoms with Crippen LogP contribution in [0.4, 0.5) is 68.8 Å². The Kier molecular flexibility index (Phi) is 16.8. The number of rotatable bonds is 16. The average molecular weight is 1210 g/mol. The van der Waals surface area contributed by atoms with Gasteiger partial charge in [-0.15, -0.1) is 0 Å². The molecule has 0 saturated carbocycles. The highest BCUT2D eigenvalue weighted by atomic mass is 15.2. The van der Waals surface area contributed by atoms with Crippen LogP contribution in [0, 0.1) is 0 Å². The summed E-state index contributed by atoms with van der Waals surface area (Å²) in [7, 11) is 0. The molecule has 0 aliphatic rings. The molecule has 12 aromatic rings. The van der Waals surface area contributed by atoms with Gasteiger partial charge in [-0.1, -0.05) is 208 Å². The number of hydrogen-bond acceptors (Lipinski definition) is 8. The summed E-state index contributed by atoms with van der Waals surface area (Å²) in [6, 6.07) is 68.3. The molecule has 4 aromatic heterocycles. The van der Waals surface area contributed by atoms with Crippen molar-refractivity contribution in [3.8, 4) is 0 Å². The van der Waals surface area contributed by atoms with Gasteiger partial charge in [0.1, 0.15) is 23.3 Å². The third-order valence-corrected chi connectivity index (χ3v) is 18.6. The van der Waals surface area contributed by atoms with Crippen LogP contribution in [0.15, 0.2) is 207 Å². The van der Waals surface area contributed by atoms with Crippen molar-refractivity contribution in [1.29, 1.82) is 0 Å². The predicted octanol–water partition coefficient (Wildman–Crippen LogP) is 23.5. The van der Waals surface area contributed by atoms with Crippen LogP contribution >= 0.6 is 0 Å². The molecular weight excluding hydrogens is 1120 g/mol. The molecule has 0 saturated heterocycles. The van der Waals surface area contributed by atoms with E-state index < -0.39 is 0 Å². The van der Waals surface area contributed by atoms with Gasteiger partial charge in [0.05, 0.1) is 22.7 Å². The molecule has 0 amide bonds. The largest absolute Gasteiger partial charge is 0.294 e. The van der Waals surface area contributed by atoms with Crippen LogP contribution in [-0.4, -0.2) is 19.9 Å². The number of aryl methyl sites for hydroxylation is 4. The van der Waals surface area contributed by atoms with Crippen molar-refractivity contribution >= 4 is 101 Å². The van der Waals surface area contributed by atoms with Crippen molar-refractivity contribution < 1.29 is 0 Å². The number of aromatic nitrogens is 4. The maximum Gasteiger partial charge on any atom is 0.140 e. The van der Waals surface area contributed by atoms with E-state index in [2.05, 4.69) is 312 Å². The summed E-state index contributed by atoms with van der Waals surface area (Å²) in [5, 5.41) is 6.56. The number of pyridine rings is 4. The van der Waals surface area contributed by atoms with Crippen LogP contribution < -0.4 is 19.6 Å². The molecule has 0 spiro atoms. The van der Waals surface area contributed by atoms with Crippen molar-refractivity contribution in [2.75, 3.05) is 19.6 Å². The number of anilines is 12. The molecule has 0 N–H and O–H groups in total. The van der Waals surface area contributed by atoms with E-state index in [-0.39, 0.29) is 21.7 Å². The predicted molar refractivity (Wildman–Crippen MR) is 392 cm³/mol. The Balaban J connectivity index is 1.32. The smallest absolute Gasteiger partial charge is 0.140 e. The van der Waals surface area contributed by atoms with Gasteiger partial charge < -0.3 is 0 Å². The Labute approximate surface area is 547 Å². The molecular formula is C84H90N8. The second-order valence-electron chi connectivity index (χ2n) is 28.8. The molecule has 12 rings (SSSR count). The Morgan fingerprint density at radius 3 is 0.630 bits per heavy atom. The molecule has 0 unspecified atom stereocenters. The summed E-state index contributed by atoms with van der Waals surface area (Å²) >= 11 is 0. The highest BCUT2D eigenvalue weighted by Gasteiger charge is 2.33. The van der Waals surface area contributed by atoms with Crippen molar-refractivity contribution in [3.05, 3.63) is 251 Å². The Morgan fingerprint density at radius 1 is 0.261 bits per heavy atom. The van der Waals surface area contributed by atoms with E-state index in [1.54, 1.807) is 0 Å². The summed E-state index contributed by atoms with van der Waals surface area (Å²) in [6.45, 7) is 36.3. The zero-order valence-corrected chi connectivity index (χ0v) is 57.0. The van der Waals surface area contributed by atoms with E-state index in [1.165, 1.54) is 22.3 Å². The minimum Gasteiger partial charge on any atom is -0.294 e. The van der Waals surface area contributed by atoms with Gasteiger partial charge in [0.2, 0.25) is 0 Å².